The highest BCUT2D eigenvalue weighted by atomic mass is 16.6. The van der Waals surface area contributed by atoms with Crippen molar-refractivity contribution in [3.63, 3.8) is 0 Å². The van der Waals surface area contributed by atoms with Crippen molar-refractivity contribution < 1.29 is 34.1 Å². The number of aliphatic hydroxyl groups is 1. The number of cyclic esters (lactones) is 1. The monoisotopic (exact) mass is 390 g/mol. The molecule has 1 aliphatic heterocycles. The van der Waals surface area contributed by atoms with Crippen molar-refractivity contribution in [1.29, 1.82) is 0 Å². The molecule has 0 aromatic rings. The maximum atomic E-state index is 13.1. The lowest BCUT2D eigenvalue weighted by atomic mass is 9.62. The van der Waals surface area contributed by atoms with Gasteiger partial charge in [0.25, 0.3) is 0 Å². The molecular formula is C21H26O7. The quantitative estimate of drug-likeness (QED) is 0.430. The number of rotatable bonds is 4. The summed E-state index contributed by atoms with van der Waals surface area (Å²) < 4.78 is 10.6. The molecule has 0 amide bonds. The fourth-order valence-corrected chi connectivity index (χ4v) is 5.01. The number of aliphatic carboxylic acids is 1. The molecule has 4 atom stereocenters. The summed E-state index contributed by atoms with van der Waals surface area (Å²) in [6.07, 6.45) is 8.25. The predicted octanol–water partition coefficient (Wildman–Crippen LogP) is 2.30. The number of methoxy groups -OCH3 is 1. The van der Waals surface area contributed by atoms with E-state index in [9.17, 15) is 19.5 Å². The maximum Gasteiger partial charge on any atom is 0.333 e. The number of carbonyl (C=O) groups excluding carboxylic acids is 2. The molecule has 0 unspecified atom stereocenters. The van der Waals surface area contributed by atoms with Crippen LogP contribution in [0.5, 0.6) is 0 Å². The van der Waals surface area contributed by atoms with E-state index >= 15 is 0 Å². The first-order chi connectivity index (χ1) is 13.1. The number of carboxylic acid groups (broad SMARTS) is 1. The molecule has 0 radical (unpaired) electrons. The van der Waals surface area contributed by atoms with Crippen LogP contribution in [0, 0.1) is 11.3 Å². The molecule has 0 spiro atoms. The molecule has 1 heterocycles. The van der Waals surface area contributed by atoms with Crippen molar-refractivity contribution in [2.45, 2.75) is 57.2 Å². The van der Waals surface area contributed by atoms with Crippen LogP contribution in [-0.2, 0) is 23.9 Å². The lowest BCUT2D eigenvalue weighted by Crippen LogP contribution is -2.63. The van der Waals surface area contributed by atoms with Gasteiger partial charge in [0, 0.05) is 17.1 Å². The number of hydrogen-bond acceptors (Lipinski definition) is 6. The third-order valence-corrected chi connectivity index (χ3v) is 6.69. The highest BCUT2D eigenvalue weighted by Crippen LogP contribution is 2.63. The molecule has 1 saturated heterocycles. The van der Waals surface area contributed by atoms with Crippen LogP contribution in [0.3, 0.4) is 0 Å². The Balaban J connectivity index is 1.95. The van der Waals surface area contributed by atoms with Crippen LogP contribution in [-0.4, -0.2) is 46.4 Å². The largest absolute Gasteiger partial charge is 0.478 e. The molecule has 28 heavy (non-hydrogen) atoms. The summed E-state index contributed by atoms with van der Waals surface area (Å²) in [5.74, 6) is -2.30. The molecule has 0 aromatic carbocycles. The Bertz CT molecular complexity index is 808. The van der Waals surface area contributed by atoms with Gasteiger partial charge in [-0.3, -0.25) is 4.79 Å². The van der Waals surface area contributed by atoms with Gasteiger partial charge in [0.15, 0.2) is 0 Å². The molecule has 3 aliphatic rings. The van der Waals surface area contributed by atoms with Gasteiger partial charge in [-0.15, -0.1) is 0 Å². The Labute approximate surface area is 163 Å². The zero-order chi connectivity index (χ0) is 20.7. The van der Waals surface area contributed by atoms with E-state index in [0.717, 1.165) is 0 Å². The lowest BCUT2D eigenvalue weighted by molar-refractivity contribution is -0.224. The summed E-state index contributed by atoms with van der Waals surface area (Å²) in [4.78, 5) is 36.0. The van der Waals surface area contributed by atoms with Gasteiger partial charge in [-0.2, -0.15) is 0 Å². The summed E-state index contributed by atoms with van der Waals surface area (Å²) in [5, 5.41) is 20.7. The minimum Gasteiger partial charge on any atom is -0.478 e. The van der Waals surface area contributed by atoms with Crippen LogP contribution < -0.4 is 0 Å². The number of carbonyl (C=O) groups is 3. The average Bonchev–Trinajstić information content (AvgIpc) is 2.77. The number of esters is 2. The second-order valence-electron chi connectivity index (χ2n) is 8.11. The highest BCUT2D eigenvalue weighted by molar-refractivity contribution is 5.89. The van der Waals surface area contributed by atoms with Crippen molar-refractivity contribution in [3.8, 4) is 0 Å². The first-order valence-electron chi connectivity index (χ1n) is 9.42. The molecular weight excluding hydrogens is 364 g/mol. The molecule has 7 nitrogen and oxygen atoms in total. The van der Waals surface area contributed by atoms with Crippen LogP contribution in [0.15, 0.2) is 35.5 Å². The molecule has 2 N–H and O–H groups in total. The van der Waals surface area contributed by atoms with Crippen molar-refractivity contribution in [2.75, 3.05) is 7.11 Å². The Kier molecular flexibility index (Phi) is 5.00. The number of hydrogen-bond donors (Lipinski definition) is 2. The molecule has 2 bridgehead atoms. The van der Waals surface area contributed by atoms with Crippen molar-refractivity contribution in [1.82, 2.24) is 0 Å². The van der Waals surface area contributed by atoms with E-state index in [0.29, 0.717) is 24.8 Å². The Morgan fingerprint density at radius 2 is 2.07 bits per heavy atom. The SMILES string of the molecule is COC(=O)C1=CC[C@@]23CC[C@@H]([C@@](C)(/C=C/C=C(\C)C(=O)O)OC2=O)[C@@]3(O)CC1. The highest BCUT2D eigenvalue weighted by Gasteiger charge is 2.71. The van der Waals surface area contributed by atoms with E-state index in [-0.39, 0.29) is 24.3 Å². The minimum absolute atomic E-state index is 0.155. The summed E-state index contributed by atoms with van der Waals surface area (Å²) in [6, 6.07) is 0. The fourth-order valence-electron chi connectivity index (χ4n) is 5.01. The second-order valence-corrected chi connectivity index (χ2v) is 8.11. The van der Waals surface area contributed by atoms with Gasteiger partial charge < -0.3 is 19.7 Å². The minimum atomic E-state index is -1.31. The second kappa shape index (κ2) is 6.88. The van der Waals surface area contributed by atoms with Crippen molar-refractivity contribution in [2.24, 2.45) is 11.3 Å². The molecule has 2 fully saturated rings. The standard InChI is InChI=1S/C21H26O7/c1-13(16(22)23)5-4-9-19(2)15-8-11-20(18(25)28-19)10-6-14(17(24)27-3)7-12-21(15,20)26/h4-6,9,15,26H,7-8,10-12H2,1-3H3,(H,22,23)/b9-4+,13-5+/t15-,19+,20+,21-/m0/s1. The first-order valence-corrected chi connectivity index (χ1v) is 9.42. The molecule has 2 aliphatic carbocycles. The third kappa shape index (κ3) is 2.89. The maximum absolute atomic E-state index is 13.1. The van der Waals surface area contributed by atoms with E-state index in [4.69, 9.17) is 14.6 Å². The van der Waals surface area contributed by atoms with Crippen LogP contribution in [0.4, 0.5) is 0 Å². The molecule has 1 saturated carbocycles. The van der Waals surface area contributed by atoms with Gasteiger partial charge in [-0.05, 0) is 52.0 Å². The third-order valence-electron chi connectivity index (χ3n) is 6.69. The number of carboxylic acids is 1. The smallest absolute Gasteiger partial charge is 0.333 e. The van der Waals surface area contributed by atoms with Gasteiger partial charge >= 0.3 is 17.9 Å². The van der Waals surface area contributed by atoms with Crippen LogP contribution in [0.2, 0.25) is 0 Å². The van der Waals surface area contributed by atoms with E-state index in [1.807, 2.05) is 0 Å². The van der Waals surface area contributed by atoms with Crippen LogP contribution in [0.25, 0.3) is 0 Å². The summed E-state index contributed by atoms with van der Waals surface area (Å²) in [7, 11) is 1.31. The van der Waals surface area contributed by atoms with Gasteiger partial charge in [-0.25, -0.2) is 9.59 Å². The predicted molar refractivity (Wildman–Crippen MR) is 99.1 cm³/mol. The first kappa shape index (κ1) is 20.3. The van der Waals surface area contributed by atoms with Crippen LogP contribution >= 0.6 is 0 Å². The van der Waals surface area contributed by atoms with E-state index in [1.165, 1.54) is 20.1 Å². The van der Waals surface area contributed by atoms with Gasteiger partial charge in [0.05, 0.1) is 12.7 Å². The van der Waals surface area contributed by atoms with Gasteiger partial charge in [0.1, 0.15) is 11.0 Å². The van der Waals surface area contributed by atoms with Gasteiger partial charge in [0.2, 0.25) is 0 Å². The average molecular weight is 390 g/mol. The van der Waals surface area contributed by atoms with Crippen molar-refractivity contribution in [3.05, 3.63) is 35.5 Å². The van der Waals surface area contributed by atoms with E-state index < -0.39 is 34.5 Å². The summed E-state index contributed by atoms with van der Waals surface area (Å²) >= 11 is 0. The molecule has 152 valence electrons. The summed E-state index contributed by atoms with van der Waals surface area (Å²) in [5.41, 5.74) is -2.80. The Morgan fingerprint density at radius 3 is 2.71 bits per heavy atom. The van der Waals surface area contributed by atoms with Crippen LogP contribution in [0.1, 0.15) is 46.0 Å². The normalized spacial score (nSPS) is 37.7. The number of allylic oxidation sites excluding steroid dienone is 3. The molecule has 0 aromatic heterocycles. The van der Waals surface area contributed by atoms with Gasteiger partial charge in [-0.1, -0.05) is 18.2 Å². The zero-order valence-electron chi connectivity index (χ0n) is 16.4. The summed E-state index contributed by atoms with van der Waals surface area (Å²) in [6.45, 7) is 3.21. The molecule has 3 rings (SSSR count). The van der Waals surface area contributed by atoms with Crippen molar-refractivity contribution >= 4 is 17.9 Å². The van der Waals surface area contributed by atoms with E-state index in [2.05, 4.69) is 0 Å². The Hall–Kier alpha value is -2.41. The van der Waals surface area contributed by atoms with E-state index in [1.54, 1.807) is 25.2 Å². The fraction of sp³-hybridized carbons (Fsp3) is 0.571. The molecule has 7 heteroatoms. The number of ether oxygens (including phenoxy) is 2. The topological polar surface area (TPSA) is 110 Å². The zero-order valence-corrected chi connectivity index (χ0v) is 16.4. The Morgan fingerprint density at radius 1 is 1.36 bits per heavy atom. The lowest BCUT2D eigenvalue weighted by Gasteiger charge is -2.52.